The Morgan fingerprint density at radius 2 is 0.542 bits per heavy atom. The van der Waals surface area contributed by atoms with E-state index in [0.717, 1.165) is 89.9 Å². The molecular formula is C66H116O6. The predicted molar refractivity (Wildman–Crippen MR) is 311 cm³/mol. The maximum atomic E-state index is 12.8. The van der Waals surface area contributed by atoms with Crippen molar-refractivity contribution < 1.29 is 28.6 Å². The molecule has 0 saturated carbocycles. The van der Waals surface area contributed by atoms with Gasteiger partial charge in [0.05, 0.1) is 0 Å². The SMILES string of the molecule is CC/C=C\C/C=C\C/C=C\C/C=C\C/C=C\C/C=C\CCCCC(=O)OC(COC(=O)CCCCCCCCCCC)COC(=O)CCCCCCCCCCCCCCCCCCCCCCCCCC. The maximum absolute atomic E-state index is 12.8. The van der Waals surface area contributed by atoms with Crippen LogP contribution in [0.2, 0.25) is 0 Å². The van der Waals surface area contributed by atoms with E-state index in [1.165, 1.54) is 173 Å². The highest BCUT2D eigenvalue weighted by Crippen LogP contribution is 2.17. The van der Waals surface area contributed by atoms with Gasteiger partial charge in [0.2, 0.25) is 0 Å². The van der Waals surface area contributed by atoms with Crippen LogP contribution in [0.5, 0.6) is 0 Å². The first kappa shape index (κ1) is 68.8. The number of hydrogen-bond donors (Lipinski definition) is 0. The van der Waals surface area contributed by atoms with Gasteiger partial charge in [0.25, 0.3) is 0 Å². The first-order valence-electron chi connectivity index (χ1n) is 30.9. The third-order valence-electron chi connectivity index (χ3n) is 13.5. The van der Waals surface area contributed by atoms with Crippen molar-refractivity contribution in [1.29, 1.82) is 0 Å². The average molecular weight is 1010 g/mol. The summed E-state index contributed by atoms with van der Waals surface area (Å²) < 4.78 is 16.8. The molecule has 0 aromatic carbocycles. The van der Waals surface area contributed by atoms with E-state index in [1.807, 2.05) is 0 Å². The highest BCUT2D eigenvalue weighted by Gasteiger charge is 2.19. The molecule has 6 heteroatoms. The highest BCUT2D eigenvalue weighted by atomic mass is 16.6. The van der Waals surface area contributed by atoms with E-state index in [9.17, 15) is 14.4 Å². The van der Waals surface area contributed by atoms with Crippen LogP contribution in [0.3, 0.4) is 0 Å². The molecule has 0 radical (unpaired) electrons. The fourth-order valence-corrected chi connectivity index (χ4v) is 8.86. The second-order valence-electron chi connectivity index (χ2n) is 20.6. The predicted octanol–water partition coefficient (Wildman–Crippen LogP) is 20.9. The van der Waals surface area contributed by atoms with Gasteiger partial charge in [-0.15, -0.1) is 0 Å². The Morgan fingerprint density at radius 1 is 0.292 bits per heavy atom. The molecule has 72 heavy (non-hydrogen) atoms. The highest BCUT2D eigenvalue weighted by molar-refractivity contribution is 5.71. The Hall–Kier alpha value is -3.15. The number of unbranched alkanes of at least 4 members (excludes halogenated alkanes) is 33. The van der Waals surface area contributed by atoms with Gasteiger partial charge in [-0.05, 0) is 70.6 Å². The zero-order chi connectivity index (χ0) is 52.2. The van der Waals surface area contributed by atoms with Crippen molar-refractivity contribution in [2.24, 2.45) is 0 Å². The molecule has 0 bridgehead atoms. The quantitative estimate of drug-likeness (QED) is 0.0261. The lowest BCUT2D eigenvalue weighted by Gasteiger charge is -2.18. The maximum Gasteiger partial charge on any atom is 0.306 e. The van der Waals surface area contributed by atoms with Crippen molar-refractivity contribution in [2.45, 2.75) is 316 Å². The van der Waals surface area contributed by atoms with Gasteiger partial charge in [-0.25, -0.2) is 0 Å². The lowest BCUT2D eigenvalue weighted by Crippen LogP contribution is -2.30. The van der Waals surface area contributed by atoms with Crippen LogP contribution in [0.25, 0.3) is 0 Å². The first-order chi connectivity index (χ1) is 35.5. The van der Waals surface area contributed by atoms with Gasteiger partial charge >= 0.3 is 17.9 Å². The smallest absolute Gasteiger partial charge is 0.306 e. The molecule has 0 aliphatic rings. The van der Waals surface area contributed by atoms with E-state index in [0.29, 0.717) is 19.3 Å². The molecule has 0 aliphatic carbocycles. The second-order valence-corrected chi connectivity index (χ2v) is 20.6. The van der Waals surface area contributed by atoms with Crippen molar-refractivity contribution in [3.63, 3.8) is 0 Å². The molecule has 6 nitrogen and oxygen atoms in total. The minimum Gasteiger partial charge on any atom is -0.462 e. The summed E-state index contributed by atoms with van der Waals surface area (Å²) in [4.78, 5) is 38.1. The number of carbonyl (C=O) groups is 3. The van der Waals surface area contributed by atoms with Gasteiger partial charge in [0, 0.05) is 19.3 Å². The Bertz CT molecular complexity index is 1340. The van der Waals surface area contributed by atoms with Crippen molar-refractivity contribution in [1.82, 2.24) is 0 Å². The molecule has 1 atom stereocenters. The Labute approximate surface area is 446 Å². The number of allylic oxidation sites excluding steroid dienone is 12. The van der Waals surface area contributed by atoms with Crippen LogP contribution in [0.1, 0.15) is 310 Å². The number of esters is 3. The molecule has 0 aromatic heterocycles. The molecule has 416 valence electrons. The number of ether oxygens (including phenoxy) is 3. The van der Waals surface area contributed by atoms with Crippen LogP contribution in [0.15, 0.2) is 72.9 Å². The molecule has 0 N–H and O–H groups in total. The molecule has 0 aromatic rings. The summed E-state index contributed by atoms with van der Waals surface area (Å²) >= 11 is 0. The minimum absolute atomic E-state index is 0.0895. The fourth-order valence-electron chi connectivity index (χ4n) is 8.86. The number of carbonyl (C=O) groups excluding carboxylic acids is 3. The van der Waals surface area contributed by atoms with Crippen molar-refractivity contribution in [3.8, 4) is 0 Å². The van der Waals surface area contributed by atoms with Crippen molar-refractivity contribution >= 4 is 17.9 Å². The molecule has 0 heterocycles. The minimum atomic E-state index is -0.795. The van der Waals surface area contributed by atoms with Crippen LogP contribution in [0, 0.1) is 0 Å². The van der Waals surface area contributed by atoms with E-state index in [-0.39, 0.29) is 37.5 Å². The van der Waals surface area contributed by atoms with Crippen LogP contribution in [-0.2, 0) is 28.6 Å². The Balaban J connectivity index is 4.27. The molecule has 0 fully saturated rings. The van der Waals surface area contributed by atoms with Gasteiger partial charge in [0.1, 0.15) is 13.2 Å². The van der Waals surface area contributed by atoms with Crippen LogP contribution >= 0.6 is 0 Å². The summed E-state index contributed by atoms with van der Waals surface area (Å²) in [7, 11) is 0. The third-order valence-corrected chi connectivity index (χ3v) is 13.5. The molecule has 0 rings (SSSR count). The zero-order valence-electron chi connectivity index (χ0n) is 47.7. The van der Waals surface area contributed by atoms with E-state index in [4.69, 9.17) is 14.2 Å². The molecule has 0 amide bonds. The van der Waals surface area contributed by atoms with E-state index in [2.05, 4.69) is 93.7 Å². The van der Waals surface area contributed by atoms with Gasteiger partial charge in [0.15, 0.2) is 6.10 Å². The fraction of sp³-hybridized carbons (Fsp3) is 0.773. The number of rotatable bonds is 56. The topological polar surface area (TPSA) is 78.9 Å². The van der Waals surface area contributed by atoms with Crippen LogP contribution in [-0.4, -0.2) is 37.2 Å². The molecule has 0 saturated heterocycles. The normalized spacial score (nSPS) is 12.5. The molecular weight excluding hydrogens is 889 g/mol. The Morgan fingerprint density at radius 3 is 0.847 bits per heavy atom. The molecule has 0 aliphatic heterocycles. The molecule has 1 unspecified atom stereocenters. The zero-order valence-corrected chi connectivity index (χ0v) is 47.7. The average Bonchev–Trinajstić information content (AvgIpc) is 3.38. The van der Waals surface area contributed by atoms with Crippen LogP contribution in [0.4, 0.5) is 0 Å². The Kier molecular flexibility index (Phi) is 57.8. The summed E-state index contributed by atoms with van der Waals surface area (Å²) in [6.45, 7) is 6.51. The summed E-state index contributed by atoms with van der Waals surface area (Å²) in [5.41, 5.74) is 0. The summed E-state index contributed by atoms with van der Waals surface area (Å²) in [5.74, 6) is -0.923. The lowest BCUT2D eigenvalue weighted by atomic mass is 10.0. The van der Waals surface area contributed by atoms with Gasteiger partial charge in [-0.2, -0.15) is 0 Å². The standard InChI is InChI=1S/C66H116O6/c1-4-7-10-13-16-19-21-23-25-27-29-31-32-33-35-36-38-40-42-44-47-50-53-56-59-65(68)71-62-63(61-70-64(67)58-55-52-49-46-18-15-12-9-6-3)72-66(69)60-57-54-51-48-45-43-41-39-37-34-30-28-26-24-22-20-17-14-11-8-5-2/h8,11,17,20,24,26,30,34,39,41,45,48,63H,4-7,9-10,12-16,18-19,21-23,25,27-29,31-33,35-38,40,42-44,46-47,49-62H2,1-3H3/b11-8-,20-17-,26-24-,34-30-,41-39-,48-45-. The monoisotopic (exact) mass is 1000 g/mol. The van der Waals surface area contributed by atoms with Gasteiger partial charge in [-0.1, -0.05) is 293 Å². The van der Waals surface area contributed by atoms with Crippen LogP contribution < -0.4 is 0 Å². The van der Waals surface area contributed by atoms with Crippen molar-refractivity contribution in [2.75, 3.05) is 13.2 Å². The summed E-state index contributed by atoms with van der Waals surface area (Å²) in [6.07, 6.45) is 77.8. The largest absolute Gasteiger partial charge is 0.462 e. The number of hydrogen-bond acceptors (Lipinski definition) is 6. The van der Waals surface area contributed by atoms with E-state index < -0.39 is 6.10 Å². The summed E-state index contributed by atoms with van der Waals surface area (Å²) in [5, 5.41) is 0. The lowest BCUT2D eigenvalue weighted by molar-refractivity contribution is -0.167. The van der Waals surface area contributed by atoms with Gasteiger partial charge in [-0.3, -0.25) is 14.4 Å². The van der Waals surface area contributed by atoms with Gasteiger partial charge < -0.3 is 14.2 Å². The summed E-state index contributed by atoms with van der Waals surface area (Å²) in [6, 6.07) is 0. The van der Waals surface area contributed by atoms with E-state index in [1.54, 1.807) is 0 Å². The van der Waals surface area contributed by atoms with E-state index >= 15 is 0 Å². The second kappa shape index (κ2) is 60.4. The third kappa shape index (κ3) is 57.7. The first-order valence-corrected chi connectivity index (χ1v) is 30.9. The molecule has 0 spiro atoms. The van der Waals surface area contributed by atoms with Crippen molar-refractivity contribution in [3.05, 3.63) is 72.9 Å².